The van der Waals surface area contributed by atoms with E-state index in [0.717, 1.165) is 21.8 Å². The minimum atomic E-state index is -3.56. The van der Waals surface area contributed by atoms with Crippen LogP contribution in [0.15, 0.2) is 52.9 Å². The van der Waals surface area contributed by atoms with E-state index in [1.807, 2.05) is 34.5 Å². The molecule has 0 bridgehead atoms. The summed E-state index contributed by atoms with van der Waals surface area (Å²) in [5, 5.41) is 11.6. The topological polar surface area (TPSA) is 90.8 Å². The molecule has 1 aliphatic heterocycles. The average Bonchev–Trinajstić information content (AvgIpc) is 3.40. The van der Waals surface area contributed by atoms with Gasteiger partial charge in [-0.1, -0.05) is 29.5 Å². The van der Waals surface area contributed by atoms with Gasteiger partial charge in [0.25, 0.3) is 0 Å². The molecule has 0 amide bonds. The monoisotopic (exact) mass is 435 g/mol. The molecule has 0 spiro atoms. The van der Waals surface area contributed by atoms with Crippen LogP contribution in [0.5, 0.6) is 0 Å². The van der Waals surface area contributed by atoms with Crippen LogP contribution >= 0.6 is 22.7 Å². The first-order chi connectivity index (χ1) is 13.4. The lowest BCUT2D eigenvalue weighted by Crippen LogP contribution is -2.48. The number of carboxylic acids is 1. The van der Waals surface area contributed by atoms with Crippen molar-refractivity contribution in [1.29, 1.82) is 0 Å². The minimum Gasteiger partial charge on any atom is -0.477 e. The van der Waals surface area contributed by atoms with E-state index in [2.05, 4.69) is 4.98 Å². The zero-order chi connectivity index (χ0) is 19.7. The van der Waals surface area contributed by atoms with Gasteiger partial charge in [0.15, 0.2) is 5.13 Å². The van der Waals surface area contributed by atoms with Crippen molar-refractivity contribution < 1.29 is 18.3 Å². The zero-order valence-corrected chi connectivity index (χ0v) is 17.1. The summed E-state index contributed by atoms with van der Waals surface area (Å²) in [6.45, 7) is 1.60. The Morgan fingerprint density at radius 1 is 1.07 bits per heavy atom. The van der Waals surface area contributed by atoms with Gasteiger partial charge in [0, 0.05) is 31.1 Å². The number of carboxylic acid groups (broad SMARTS) is 1. The molecule has 0 atom stereocenters. The van der Waals surface area contributed by atoms with Crippen molar-refractivity contribution in [1.82, 2.24) is 9.29 Å². The van der Waals surface area contributed by atoms with Crippen molar-refractivity contribution in [3.63, 3.8) is 0 Å². The van der Waals surface area contributed by atoms with E-state index in [-0.39, 0.29) is 9.77 Å². The third-order valence-electron chi connectivity index (χ3n) is 4.51. The number of thiazole rings is 1. The van der Waals surface area contributed by atoms with Gasteiger partial charge in [0.2, 0.25) is 10.0 Å². The van der Waals surface area contributed by atoms with Crippen molar-refractivity contribution in [2.75, 3.05) is 31.1 Å². The van der Waals surface area contributed by atoms with Crippen LogP contribution in [0.1, 0.15) is 9.67 Å². The third kappa shape index (κ3) is 3.68. The highest BCUT2D eigenvalue weighted by Crippen LogP contribution is 2.28. The molecule has 4 rings (SSSR count). The maximum absolute atomic E-state index is 12.9. The Hall–Kier alpha value is -2.27. The molecule has 10 heteroatoms. The van der Waals surface area contributed by atoms with Gasteiger partial charge >= 0.3 is 5.97 Å². The summed E-state index contributed by atoms with van der Waals surface area (Å²) >= 11 is 2.71. The summed E-state index contributed by atoms with van der Waals surface area (Å²) in [6.07, 6.45) is 1.33. The van der Waals surface area contributed by atoms with Gasteiger partial charge in [-0.15, -0.1) is 11.3 Å². The van der Waals surface area contributed by atoms with Gasteiger partial charge in [-0.3, -0.25) is 0 Å². The fourth-order valence-corrected chi connectivity index (χ4v) is 5.97. The summed E-state index contributed by atoms with van der Waals surface area (Å²) in [5.74, 6) is -1.00. The van der Waals surface area contributed by atoms with Crippen molar-refractivity contribution >= 4 is 43.8 Å². The number of piperazine rings is 1. The van der Waals surface area contributed by atoms with Gasteiger partial charge in [-0.05, 0) is 29.1 Å². The number of carbonyl (C=O) groups is 1. The molecule has 0 aliphatic carbocycles. The molecule has 1 aromatic carbocycles. The van der Waals surface area contributed by atoms with Gasteiger partial charge < -0.3 is 10.0 Å². The SMILES string of the molecule is O=C(O)c1cnc(N2CCN(S(=O)(=O)c3ccc(-c4cccs4)cc3)CC2)s1. The average molecular weight is 436 g/mol. The molecule has 2 aromatic heterocycles. The predicted octanol–water partition coefficient (Wildman–Crippen LogP) is 3.08. The maximum atomic E-state index is 12.9. The number of hydrogen-bond acceptors (Lipinski definition) is 7. The van der Waals surface area contributed by atoms with Crippen molar-refractivity contribution in [2.45, 2.75) is 4.90 Å². The fraction of sp³-hybridized carbons (Fsp3) is 0.222. The second-order valence-corrected chi connectivity index (χ2v) is 10.1. The molecule has 3 aromatic rings. The van der Waals surface area contributed by atoms with Gasteiger partial charge in [-0.25, -0.2) is 18.2 Å². The minimum absolute atomic E-state index is 0.177. The maximum Gasteiger partial charge on any atom is 0.347 e. The number of benzene rings is 1. The van der Waals surface area contributed by atoms with Crippen LogP contribution in [0.2, 0.25) is 0 Å². The van der Waals surface area contributed by atoms with E-state index in [9.17, 15) is 13.2 Å². The molecular formula is C18H17N3O4S3. The first-order valence-corrected chi connectivity index (χ1v) is 11.7. The molecule has 146 valence electrons. The highest BCUT2D eigenvalue weighted by Gasteiger charge is 2.29. The van der Waals surface area contributed by atoms with Crippen LogP contribution in [0.25, 0.3) is 10.4 Å². The number of aromatic carboxylic acids is 1. The quantitative estimate of drug-likeness (QED) is 0.662. The largest absolute Gasteiger partial charge is 0.477 e. The number of rotatable bonds is 5. The number of nitrogens with zero attached hydrogens (tertiary/aromatic N) is 3. The zero-order valence-electron chi connectivity index (χ0n) is 14.7. The van der Waals surface area contributed by atoms with E-state index in [1.165, 1.54) is 10.5 Å². The number of anilines is 1. The lowest BCUT2D eigenvalue weighted by Gasteiger charge is -2.33. The Kier molecular flexibility index (Phi) is 5.19. The number of thiophene rings is 1. The molecule has 0 radical (unpaired) electrons. The Labute approximate surface area is 170 Å². The Morgan fingerprint density at radius 3 is 2.36 bits per heavy atom. The first kappa shape index (κ1) is 19.1. The number of aromatic nitrogens is 1. The third-order valence-corrected chi connectivity index (χ3v) is 8.39. The van der Waals surface area contributed by atoms with E-state index in [4.69, 9.17) is 5.11 Å². The lowest BCUT2D eigenvalue weighted by molar-refractivity contribution is 0.0702. The second-order valence-electron chi connectivity index (χ2n) is 6.21. The Balaban J connectivity index is 1.45. The van der Waals surface area contributed by atoms with Gasteiger partial charge in [-0.2, -0.15) is 4.31 Å². The summed E-state index contributed by atoms with van der Waals surface area (Å²) in [4.78, 5) is 18.6. The molecule has 1 fully saturated rings. The van der Waals surface area contributed by atoms with Crippen molar-refractivity contribution in [3.05, 3.63) is 52.9 Å². The highest BCUT2D eigenvalue weighted by molar-refractivity contribution is 7.89. The first-order valence-electron chi connectivity index (χ1n) is 8.53. The smallest absolute Gasteiger partial charge is 0.347 e. The van der Waals surface area contributed by atoms with E-state index in [0.29, 0.717) is 31.3 Å². The summed E-state index contributed by atoms with van der Waals surface area (Å²) in [7, 11) is -3.56. The van der Waals surface area contributed by atoms with Crippen LogP contribution < -0.4 is 4.90 Å². The normalized spacial score (nSPS) is 15.6. The molecule has 0 unspecified atom stereocenters. The summed E-state index contributed by atoms with van der Waals surface area (Å²) in [5.41, 5.74) is 0.997. The fourth-order valence-electron chi connectivity index (χ4n) is 3.01. The second kappa shape index (κ2) is 7.63. The number of hydrogen-bond donors (Lipinski definition) is 1. The highest BCUT2D eigenvalue weighted by atomic mass is 32.2. The standard InChI is InChI=1S/C18H17N3O4S3/c22-17(23)16-12-19-18(27-16)20-7-9-21(10-8-20)28(24,25)14-5-3-13(4-6-14)15-2-1-11-26-15/h1-6,11-12H,7-10H2,(H,22,23). The molecule has 7 nitrogen and oxygen atoms in total. The summed E-state index contributed by atoms with van der Waals surface area (Å²) < 4.78 is 27.3. The Morgan fingerprint density at radius 2 is 1.79 bits per heavy atom. The van der Waals surface area contributed by atoms with Crippen LogP contribution in [-0.2, 0) is 10.0 Å². The van der Waals surface area contributed by atoms with E-state index in [1.54, 1.807) is 23.5 Å². The van der Waals surface area contributed by atoms with Crippen LogP contribution in [0.3, 0.4) is 0 Å². The lowest BCUT2D eigenvalue weighted by atomic mass is 10.2. The van der Waals surface area contributed by atoms with Crippen molar-refractivity contribution in [3.8, 4) is 10.4 Å². The van der Waals surface area contributed by atoms with Crippen LogP contribution in [-0.4, -0.2) is 55.0 Å². The Bertz CT molecular complexity index is 1070. The molecule has 1 saturated heterocycles. The van der Waals surface area contributed by atoms with Crippen LogP contribution in [0, 0.1) is 0 Å². The molecule has 0 saturated carbocycles. The van der Waals surface area contributed by atoms with Crippen LogP contribution in [0.4, 0.5) is 5.13 Å². The molecule has 28 heavy (non-hydrogen) atoms. The predicted molar refractivity (Wildman–Crippen MR) is 110 cm³/mol. The summed E-state index contributed by atoms with van der Waals surface area (Å²) in [6, 6.07) is 10.9. The molecule has 1 N–H and O–H groups in total. The van der Waals surface area contributed by atoms with Gasteiger partial charge in [0.1, 0.15) is 4.88 Å². The van der Waals surface area contributed by atoms with E-state index >= 15 is 0 Å². The van der Waals surface area contributed by atoms with Crippen molar-refractivity contribution in [2.24, 2.45) is 0 Å². The van der Waals surface area contributed by atoms with E-state index < -0.39 is 16.0 Å². The molecular weight excluding hydrogens is 418 g/mol. The number of sulfonamides is 1. The van der Waals surface area contributed by atoms with Gasteiger partial charge in [0.05, 0.1) is 11.1 Å². The molecule has 3 heterocycles. The molecule has 1 aliphatic rings.